The second-order valence-corrected chi connectivity index (χ2v) is 5.52. The van der Waals surface area contributed by atoms with Gasteiger partial charge in [-0.3, -0.25) is 4.79 Å². The van der Waals surface area contributed by atoms with Crippen LogP contribution in [0.5, 0.6) is 0 Å². The van der Waals surface area contributed by atoms with Gasteiger partial charge in [-0.25, -0.2) is 0 Å². The van der Waals surface area contributed by atoms with Crippen molar-refractivity contribution in [2.45, 2.75) is 63.3 Å². The molecule has 0 spiro atoms. The highest BCUT2D eigenvalue weighted by molar-refractivity contribution is 5.79. The van der Waals surface area contributed by atoms with Gasteiger partial charge >= 0.3 is 0 Å². The lowest BCUT2D eigenvalue weighted by molar-refractivity contribution is -0.127. The van der Waals surface area contributed by atoms with Gasteiger partial charge in [0, 0.05) is 12.5 Å². The normalized spacial score (nSPS) is 25.6. The quantitative estimate of drug-likeness (QED) is 0.770. The fraction of sp³-hybridized carbons (Fsp3) is 0.923. The van der Waals surface area contributed by atoms with Crippen molar-refractivity contribution in [3.8, 4) is 0 Å². The summed E-state index contributed by atoms with van der Waals surface area (Å²) in [4.78, 5) is 12.1. The Bertz CT molecular complexity index is 240. The first-order valence-electron chi connectivity index (χ1n) is 6.78. The first-order valence-corrected chi connectivity index (χ1v) is 6.78. The van der Waals surface area contributed by atoms with Crippen LogP contribution in [-0.2, 0) is 4.79 Å². The second kappa shape index (κ2) is 5.17. The number of carbonyl (C=O) groups is 1. The molecule has 2 fully saturated rings. The zero-order chi connectivity index (χ0) is 11.4. The maximum absolute atomic E-state index is 12.1. The average molecular weight is 224 g/mol. The van der Waals surface area contributed by atoms with Crippen LogP contribution >= 0.6 is 0 Å². The van der Waals surface area contributed by atoms with Crippen molar-refractivity contribution in [3.05, 3.63) is 0 Å². The Balaban J connectivity index is 1.91. The fourth-order valence-electron chi connectivity index (χ4n) is 3.16. The average Bonchev–Trinajstić information content (AvgIpc) is 2.84. The van der Waals surface area contributed by atoms with Crippen LogP contribution in [0.4, 0.5) is 0 Å². The molecule has 2 saturated carbocycles. The van der Waals surface area contributed by atoms with E-state index < -0.39 is 0 Å². The van der Waals surface area contributed by atoms with E-state index in [1.165, 1.54) is 32.1 Å². The van der Waals surface area contributed by atoms with Crippen LogP contribution in [-0.4, -0.2) is 18.0 Å². The topological polar surface area (TPSA) is 55.1 Å². The number of carbonyl (C=O) groups excluding carboxylic acids is 1. The molecule has 2 aliphatic carbocycles. The fourth-order valence-corrected chi connectivity index (χ4v) is 3.16. The second-order valence-electron chi connectivity index (χ2n) is 5.52. The molecule has 0 aliphatic heterocycles. The Morgan fingerprint density at radius 2 is 1.75 bits per heavy atom. The summed E-state index contributed by atoms with van der Waals surface area (Å²) in [6.45, 7) is 0.603. The van der Waals surface area contributed by atoms with E-state index in [0.717, 1.165) is 25.7 Å². The third-order valence-corrected chi connectivity index (χ3v) is 4.32. The maximum atomic E-state index is 12.1. The minimum Gasteiger partial charge on any atom is -0.349 e. The minimum atomic E-state index is -0.0715. The lowest BCUT2D eigenvalue weighted by atomic mass is 9.81. The summed E-state index contributed by atoms with van der Waals surface area (Å²) >= 11 is 0. The number of nitrogens with one attached hydrogen (secondary N) is 1. The summed E-state index contributed by atoms with van der Waals surface area (Å²) < 4.78 is 0. The zero-order valence-corrected chi connectivity index (χ0v) is 10.1. The van der Waals surface area contributed by atoms with Crippen molar-refractivity contribution < 1.29 is 4.79 Å². The molecule has 3 nitrogen and oxygen atoms in total. The van der Waals surface area contributed by atoms with Crippen LogP contribution in [0.1, 0.15) is 57.8 Å². The van der Waals surface area contributed by atoms with Gasteiger partial charge in [-0.2, -0.15) is 0 Å². The van der Waals surface area contributed by atoms with Crippen molar-refractivity contribution in [2.75, 3.05) is 6.54 Å². The Hall–Kier alpha value is -0.570. The third kappa shape index (κ3) is 2.57. The molecule has 0 aromatic heterocycles. The van der Waals surface area contributed by atoms with Crippen LogP contribution in [0.3, 0.4) is 0 Å². The minimum absolute atomic E-state index is 0.0715. The first kappa shape index (κ1) is 11.9. The highest BCUT2D eigenvalue weighted by atomic mass is 16.2. The molecule has 0 saturated heterocycles. The van der Waals surface area contributed by atoms with E-state index in [-0.39, 0.29) is 17.4 Å². The van der Waals surface area contributed by atoms with Crippen molar-refractivity contribution >= 4 is 5.91 Å². The maximum Gasteiger partial charge on any atom is 0.223 e. The lowest BCUT2D eigenvalue weighted by Gasteiger charge is -2.37. The van der Waals surface area contributed by atoms with Crippen LogP contribution in [0, 0.1) is 5.92 Å². The zero-order valence-electron chi connectivity index (χ0n) is 10.1. The Morgan fingerprint density at radius 3 is 2.31 bits per heavy atom. The smallest absolute Gasteiger partial charge is 0.223 e. The number of rotatable bonds is 3. The summed E-state index contributed by atoms with van der Waals surface area (Å²) in [5.41, 5.74) is 5.80. The molecule has 0 heterocycles. The predicted octanol–water partition coefficient (Wildman–Crippen LogP) is 1.95. The number of nitrogens with two attached hydrogens (primary N) is 1. The largest absolute Gasteiger partial charge is 0.349 e. The predicted molar refractivity (Wildman–Crippen MR) is 65.0 cm³/mol. The molecule has 92 valence electrons. The van der Waals surface area contributed by atoms with Gasteiger partial charge in [-0.15, -0.1) is 0 Å². The van der Waals surface area contributed by atoms with Gasteiger partial charge in [0.25, 0.3) is 0 Å². The lowest BCUT2D eigenvalue weighted by Crippen LogP contribution is -2.55. The summed E-state index contributed by atoms with van der Waals surface area (Å²) in [6, 6.07) is 0. The Labute approximate surface area is 98.2 Å². The van der Waals surface area contributed by atoms with Gasteiger partial charge in [0.2, 0.25) is 5.91 Å². The van der Waals surface area contributed by atoms with Crippen molar-refractivity contribution in [3.63, 3.8) is 0 Å². The van der Waals surface area contributed by atoms with Crippen LogP contribution in [0.25, 0.3) is 0 Å². The molecular weight excluding hydrogens is 200 g/mol. The molecule has 0 bridgehead atoms. The van der Waals surface area contributed by atoms with Gasteiger partial charge in [0.15, 0.2) is 0 Å². The van der Waals surface area contributed by atoms with Gasteiger partial charge in [0.05, 0.1) is 5.54 Å². The van der Waals surface area contributed by atoms with E-state index in [4.69, 9.17) is 5.73 Å². The highest BCUT2D eigenvalue weighted by Gasteiger charge is 2.34. The SMILES string of the molecule is NCC1(NC(=O)C2CCCC2)CCCCC1. The van der Waals surface area contributed by atoms with E-state index in [1.54, 1.807) is 0 Å². The van der Waals surface area contributed by atoms with Crippen LogP contribution < -0.4 is 11.1 Å². The third-order valence-electron chi connectivity index (χ3n) is 4.32. The number of hydrogen-bond acceptors (Lipinski definition) is 2. The summed E-state index contributed by atoms with van der Waals surface area (Å²) in [7, 11) is 0. The molecule has 2 rings (SSSR count). The molecular formula is C13H24N2O. The van der Waals surface area contributed by atoms with Crippen molar-refractivity contribution in [1.29, 1.82) is 0 Å². The molecule has 3 N–H and O–H groups in total. The van der Waals surface area contributed by atoms with Gasteiger partial charge < -0.3 is 11.1 Å². The summed E-state index contributed by atoms with van der Waals surface area (Å²) in [5.74, 6) is 0.537. The van der Waals surface area contributed by atoms with Gasteiger partial charge in [0.1, 0.15) is 0 Å². The Morgan fingerprint density at radius 1 is 1.12 bits per heavy atom. The van der Waals surface area contributed by atoms with Crippen LogP contribution in [0.15, 0.2) is 0 Å². The summed E-state index contributed by atoms with van der Waals surface area (Å²) in [5, 5.41) is 3.26. The molecule has 3 heteroatoms. The summed E-state index contributed by atoms with van der Waals surface area (Å²) in [6.07, 6.45) is 10.4. The Kier molecular flexibility index (Phi) is 3.85. The van der Waals surface area contributed by atoms with Gasteiger partial charge in [-0.1, -0.05) is 32.1 Å². The first-order chi connectivity index (χ1) is 7.76. The van der Waals surface area contributed by atoms with E-state index in [9.17, 15) is 4.79 Å². The molecule has 16 heavy (non-hydrogen) atoms. The molecule has 0 atom stereocenters. The highest BCUT2D eigenvalue weighted by Crippen LogP contribution is 2.30. The van der Waals surface area contributed by atoms with E-state index in [0.29, 0.717) is 6.54 Å². The molecule has 0 radical (unpaired) electrons. The standard InChI is InChI=1S/C13H24N2O/c14-10-13(8-4-1-5-9-13)15-12(16)11-6-2-3-7-11/h11H,1-10,14H2,(H,15,16). The van der Waals surface area contributed by atoms with Crippen molar-refractivity contribution in [1.82, 2.24) is 5.32 Å². The van der Waals surface area contributed by atoms with Crippen molar-refractivity contribution in [2.24, 2.45) is 11.7 Å². The number of amides is 1. The number of hydrogen-bond donors (Lipinski definition) is 2. The monoisotopic (exact) mass is 224 g/mol. The van der Waals surface area contributed by atoms with Crippen LogP contribution in [0.2, 0.25) is 0 Å². The van der Waals surface area contributed by atoms with E-state index in [2.05, 4.69) is 5.32 Å². The van der Waals surface area contributed by atoms with Gasteiger partial charge in [-0.05, 0) is 25.7 Å². The molecule has 1 amide bonds. The van der Waals surface area contributed by atoms with E-state index >= 15 is 0 Å². The molecule has 0 aromatic carbocycles. The molecule has 0 aromatic rings. The van der Waals surface area contributed by atoms with E-state index in [1.807, 2.05) is 0 Å². The molecule has 0 unspecified atom stereocenters. The molecule has 2 aliphatic rings.